The van der Waals surface area contributed by atoms with Crippen LogP contribution in [0.1, 0.15) is 53.7 Å². The van der Waals surface area contributed by atoms with Gasteiger partial charge in [0.15, 0.2) is 0 Å². The van der Waals surface area contributed by atoms with E-state index in [0.29, 0.717) is 22.5 Å². The van der Waals surface area contributed by atoms with Crippen LogP contribution in [-0.2, 0) is 7.05 Å². The van der Waals surface area contributed by atoms with Gasteiger partial charge in [0, 0.05) is 31.4 Å². The van der Waals surface area contributed by atoms with Gasteiger partial charge in [-0.1, -0.05) is 18.2 Å². The average Bonchev–Trinajstić information content (AvgIpc) is 2.77. The minimum absolute atomic E-state index is 0.0614. The fraction of sp³-hybridized carbons (Fsp3) is 0.375. The zero-order valence-corrected chi connectivity index (χ0v) is 18.2. The number of nitrogens with one attached hydrogen (secondary N) is 1. The summed E-state index contributed by atoms with van der Waals surface area (Å²) < 4.78 is 1.65. The summed E-state index contributed by atoms with van der Waals surface area (Å²) in [5.74, 6) is -0.288. The lowest BCUT2D eigenvalue weighted by Crippen LogP contribution is -2.35. The number of carboxylic acids is 1. The second kappa shape index (κ2) is 8.41. The SMILES string of the molecule is Cc1cc(C(C)Nc2ccccc2C(=O)O)c2nc(N3CCCCC3)n(C)c(=O)c2c1. The molecule has 1 aromatic heterocycles. The van der Waals surface area contributed by atoms with Crippen molar-refractivity contribution in [2.24, 2.45) is 7.05 Å². The van der Waals surface area contributed by atoms with Gasteiger partial charge in [0.2, 0.25) is 5.95 Å². The number of benzene rings is 2. The summed E-state index contributed by atoms with van der Waals surface area (Å²) in [5, 5.41) is 13.4. The summed E-state index contributed by atoms with van der Waals surface area (Å²) in [4.78, 5) is 32.0. The van der Waals surface area contributed by atoms with E-state index in [1.165, 1.54) is 6.42 Å². The largest absolute Gasteiger partial charge is 0.478 e. The molecule has 7 heteroatoms. The van der Waals surface area contributed by atoms with Gasteiger partial charge in [-0.15, -0.1) is 0 Å². The molecule has 1 aliphatic heterocycles. The normalized spacial score (nSPS) is 15.1. The van der Waals surface area contributed by atoms with Crippen LogP contribution >= 0.6 is 0 Å². The van der Waals surface area contributed by atoms with Crippen molar-refractivity contribution in [2.45, 2.75) is 39.2 Å². The first-order valence-electron chi connectivity index (χ1n) is 10.7. The van der Waals surface area contributed by atoms with Crippen molar-refractivity contribution in [3.63, 3.8) is 0 Å². The first-order chi connectivity index (χ1) is 14.9. The van der Waals surface area contributed by atoms with Crippen molar-refractivity contribution in [1.29, 1.82) is 0 Å². The highest BCUT2D eigenvalue weighted by Gasteiger charge is 2.21. The van der Waals surface area contributed by atoms with Gasteiger partial charge in [0.1, 0.15) is 0 Å². The predicted molar refractivity (Wildman–Crippen MR) is 123 cm³/mol. The lowest BCUT2D eigenvalue weighted by atomic mass is 10.0. The smallest absolute Gasteiger partial charge is 0.337 e. The molecule has 31 heavy (non-hydrogen) atoms. The number of nitrogens with zero attached hydrogens (tertiary/aromatic N) is 3. The van der Waals surface area contributed by atoms with Gasteiger partial charge in [-0.25, -0.2) is 9.78 Å². The summed E-state index contributed by atoms with van der Waals surface area (Å²) in [6, 6.07) is 10.5. The fourth-order valence-corrected chi connectivity index (χ4v) is 4.35. The number of aromatic nitrogens is 2. The molecule has 1 unspecified atom stereocenters. The van der Waals surface area contributed by atoms with Crippen LogP contribution in [0, 0.1) is 6.92 Å². The van der Waals surface area contributed by atoms with Crippen molar-refractivity contribution in [3.05, 3.63) is 63.4 Å². The number of aromatic carboxylic acids is 1. The minimum atomic E-state index is -0.983. The van der Waals surface area contributed by atoms with Crippen molar-refractivity contribution in [1.82, 2.24) is 9.55 Å². The Morgan fingerprint density at radius 1 is 1.16 bits per heavy atom. The van der Waals surface area contributed by atoms with Crippen LogP contribution in [0.25, 0.3) is 10.9 Å². The Morgan fingerprint density at radius 3 is 2.58 bits per heavy atom. The standard InChI is InChI=1S/C24H28N4O3/c1-15-13-18(16(2)25-20-10-6-5-9-17(20)23(30)31)21-19(14-15)22(29)27(3)24(26-21)28-11-7-4-8-12-28/h5-6,9-10,13-14,16,25H,4,7-8,11-12H2,1-3H3,(H,30,31). The Balaban J connectivity index is 1.83. The maximum atomic E-state index is 13.2. The Morgan fingerprint density at radius 2 is 1.87 bits per heavy atom. The Kier molecular flexibility index (Phi) is 5.67. The van der Waals surface area contributed by atoms with Crippen molar-refractivity contribution < 1.29 is 9.90 Å². The molecule has 1 saturated heterocycles. The topological polar surface area (TPSA) is 87.5 Å². The number of rotatable bonds is 5. The maximum absolute atomic E-state index is 13.2. The molecule has 1 fully saturated rings. The van der Waals surface area contributed by atoms with E-state index in [0.717, 1.165) is 37.1 Å². The zero-order chi connectivity index (χ0) is 22.1. The number of anilines is 2. The van der Waals surface area contributed by atoms with Gasteiger partial charge in [-0.3, -0.25) is 9.36 Å². The lowest BCUT2D eigenvalue weighted by molar-refractivity contribution is 0.0698. The van der Waals surface area contributed by atoms with E-state index in [2.05, 4.69) is 10.2 Å². The van der Waals surface area contributed by atoms with Crippen LogP contribution < -0.4 is 15.8 Å². The third-order valence-corrected chi connectivity index (χ3v) is 5.97. The number of hydrogen-bond donors (Lipinski definition) is 2. The molecule has 2 aromatic carbocycles. The molecule has 0 aliphatic carbocycles. The number of hydrogen-bond acceptors (Lipinski definition) is 5. The molecule has 0 spiro atoms. The molecule has 0 saturated carbocycles. The van der Waals surface area contributed by atoms with Gasteiger partial charge in [-0.05, 0) is 56.9 Å². The Bertz CT molecular complexity index is 1200. The number of carbonyl (C=O) groups is 1. The van der Waals surface area contributed by atoms with E-state index in [4.69, 9.17) is 4.98 Å². The van der Waals surface area contributed by atoms with Gasteiger partial charge in [0.25, 0.3) is 5.56 Å². The summed E-state index contributed by atoms with van der Waals surface area (Å²) in [6.45, 7) is 5.71. The minimum Gasteiger partial charge on any atom is -0.478 e. The number of aryl methyl sites for hydroxylation is 1. The van der Waals surface area contributed by atoms with E-state index in [-0.39, 0.29) is 17.2 Å². The maximum Gasteiger partial charge on any atom is 0.337 e. The summed E-state index contributed by atoms with van der Waals surface area (Å²) in [6.07, 6.45) is 3.39. The third-order valence-electron chi connectivity index (χ3n) is 5.97. The van der Waals surface area contributed by atoms with Crippen molar-refractivity contribution in [2.75, 3.05) is 23.3 Å². The van der Waals surface area contributed by atoms with E-state index in [1.807, 2.05) is 26.0 Å². The summed E-state index contributed by atoms with van der Waals surface area (Å²) in [5.41, 5.74) is 3.20. The molecule has 3 aromatic rings. The average molecular weight is 421 g/mol. The van der Waals surface area contributed by atoms with E-state index < -0.39 is 5.97 Å². The molecular weight excluding hydrogens is 392 g/mol. The van der Waals surface area contributed by atoms with E-state index in [1.54, 1.807) is 35.9 Å². The van der Waals surface area contributed by atoms with Gasteiger partial charge in [-0.2, -0.15) is 0 Å². The van der Waals surface area contributed by atoms with Gasteiger partial charge in [0.05, 0.1) is 22.5 Å². The zero-order valence-electron chi connectivity index (χ0n) is 18.2. The quantitative estimate of drug-likeness (QED) is 0.646. The van der Waals surface area contributed by atoms with Crippen LogP contribution in [0.5, 0.6) is 0 Å². The molecule has 0 amide bonds. The fourth-order valence-electron chi connectivity index (χ4n) is 4.35. The van der Waals surface area contributed by atoms with Crippen molar-refractivity contribution in [3.8, 4) is 0 Å². The second-order valence-electron chi connectivity index (χ2n) is 8.29. The highest BCUT2D eigenvalue weighted by atomic mass is 16.4. The number of fused-ring (bicyclic) bond motifs is 1. The molecular formula is C24H28N4O3. The molecule has 162 valence electrons. The monoisotopic (exact) mass is 420 g/mol. The highest BCUT2D eigenvalue weighted by molar-refractivity contribution is 5.94. The lowest BCUT2D eigenvalue weighted by Gasteiger charge is -2.29. The van der Waals surface area contributed by atoms with Crippen LogP contribution in [0.15, 0.2) is 41.2 Å². The summed E-state index contributed by atoms with van der Waals surface area (Å²) >= 11 is 0. The number of carboxylic acid groups (broad SMARTS) is 1. The van der Waals surface area contributed by atoms with E-state index >= 15 is 0 Å². The molecule has 0 radical (unpaired) electrons. The van der Waals surface area contributed by atoms with Gasteiger partial charge < -0.3 is 15.3 Å². The van der Waals surface area contributed by atoms with Gasteiger partial charge >= 0.3 is 5.97 Å². The summed E-state index contributed by atoms with van der Waals surface area (Å²) in [7, 11) is 1.78. The second-order valence-corrected chi connectivity index (χ2v) is 8.29. The third kappa shape index (κ3) is 4.00. The van der Waals surface area contributed by atoms with Crippen LogP contribution in [-0.4, -0.2) is 33.7 Å². The molecule has 1 atom stereocenters. The van der Waals surface area contributed by atoms with Crippen LogP contribution in [0.2, 0.25) is 0 Å². The Hall–Kier alpha value is -3.35. The number of piperidine rings is 1. The van der Waals surface area contributed by atoms with E-state index in [9.17, 15) is 14.7 Å². The van der Waals surface area contributed by atoms with Crippen LogP contribution in [0.3, 0.4) is 0 Å². The highest BCUT2D eigenvalue weighted by Crippen LogP contribution is 2.29. The predicted octanol–water partition coefficient (Wildman–Crippen LogP) is 4.10. The molecule has 2 heterocycles. The molecule has 4 rings (SSSR count). The first-order valence-corrected chi connectivity index (χ1v) is 10.7. The van der Waals surface area contributed by atoms with Crippen LogP contribution in [0.4, 0.5) is 11.6 Å². The molecule has 7 nitrogen and oxygen atoms in total. The Labute approximate surface area is 181 Å². The van der Waals surface area contributed by atoms with Crippen molar-refractivity contribution >= 4 is 28.5 Å². The molecule has 0 bridgehead atoms. The molecule has 2 N–H and O–H groups in total. The molecule has 1 aliphatic rings. The first kappa shape index (κ1) is 20.9. The number of para-hydroxylation sites is 1.